The van der Waals surface area contributed by atoms with Crippen LogP contribution in [0.15, 0.2) is 11.3 Å². The molecule has 0 atom stereocenters. The lowest BCUT2D eigenvalue weighted by atomic mass is 9.99. The Bertz CT molecular complexity index is 80.1. The second kappa shape index (κ2) is 1.00. The average molecular weight is 84.1 g/mol. The molecule has 0 radical (unpaired) electrons. The van der Waals surface area contributed by atoms with Gasteiger partial charge in [-0.05, 0) is 18.9 Å². The summed E-state index contributed by atoms with van der Waals surface area (Å²) < 4.78 is 0. The zero-order chi connectivity index (χ0) is 4.57. The predicted octanol–water partition coefficient (Wildman–Crippen LogP) is 1.61. The third-order valence-electron chi connectivity index (χ3n) is 1.23. The van der Waals surface area contributed by atoms with Crippen molar-refractivity contribution < 1.29 is 5.11 Å². The molecular formula is C5H8O. The lowest BCUT2D eigenvalue weighted by Gasteiger charge is -2.12. The Morgan fingerprint density at radius 2 is 2.00 bits per heavy atom. The zero-order valence-corrected chi connectivity index (χ0v) is 3.86. The van der Waals surface area contributed by atoms with Crippen LogP contribution in [0.3, 0.4) is 0 Å². The van der Waals surface area contributed by atoms with Crippen molar-refractivity contribution in [2.24, 2.45) is 0 Å². The number of hydrogen-bond acceptors (Lipinski definition) is 1. The minimum atomic E-state index is 0.606. The maximum Gasteiger partial charge on any atom is 0.0915 e. The van der Waals surface area contributed by atoms with Gasteiger partial charge in [0.25, 0.3) is 0 Å². The molecule has 0 aromatic heterocycles. The van der Waals surface area contributed by atoms with Crippen LogP contribution in [-0.2, 0) is 0 Å². The molecule has 1 rings (SSSR count). The molecule has 0 bridgehead atoms. The van der Waals surface area contributed by atoms with Crippen molar-refractivity contribution in [2.75, 3.05) is 0 Å². The Morgan fingerprint density at radius 3 is 2.00 bits per heavy atom. The Morgan fingerprint density at radius 1 is 1.50 bits per heavy atom. The molecular weight excluding hydrogens is 76.1 g/mol. The number of aliphatic hydroxyl groups is 1. The van der Waals surface area contributed by atoms with Crippen molar-refractivity contribution in [3.05, 3.63) is 11.3 Å². The fraction of sp³-hybridized carbons (Fsp3) is 0.600. The van der Waals surface area contributed by atoms with Gasteiger partial charge in [-0.15, -0.1) is 0 Å². The molecule has 0 amide bonds. The van der Waals surface area contributed by atoms with E-state index in [1.54, 1.807) is 0 Å². The fourth-order valence-corrected chi connectivity index (χ4v) is 0.487. The van der Waals surface area contributed by atoms with Crippen LogP contribution in [0.1, 0.15) is 19.8 Å². The number of aliphatic hydroxyl groups excluding tert-OH is 1. The molecule has 34 valence electrons. The highest BCUT2D eigenvalue weighted by molar-refractivity contribution is 5.14. The summed E-state index contributed by atoms with van der Waals surface area (Å²) in [5.41, 5.74) is 1.16. The quantitative estimate of drug-likeness (QED) is 0.472. The molecule has 1 N–H and O–H groups in total. The SMILES string of the molecule is CC1=C(O)CC1. The lowest BCUT2D eigenvalue weighted by Crippen LogP contribution is -1.98. The van der Waals surface area contributed by atoms with Gasteiger partial charge in [0.05, 0.1) is 5.76 Å². The van der Waals surface area contributed by atoms with Crippen LogP contribution in [0.25, 0.3) is 0 Å². The van der Waals surface area contributed by atoms with Crippen LogP contribution in [0.4, 0.5) is 0 Å². The van der Waals surface area contributed by atoms with Gasteiger partial charge >= 0.3 is 0 Å². The van der Waals surface area contributed by atoms with Gasteiger partial charge in [-0.1, -0.05) is 0 Å². The molecule has 0 saturated carbocycles. The van der Waals surface area contributed by atoms with Gasteiger partial charge in [0.1, 0.15) is 0 Å². The summed E-state index contributed by atoms with van der Waals surface area (Å²) in [7, 11) is 0. The van der Waals surface area contributed by atoms with E-state index in [0.29, 0.717) is 5.76 Å². The van der Waals surface area contributed by atoms with Gasteiger partial charge < -0.3 is 5.11 Å². The molecule has 0 saturated heterocycles. The molecule has 0 aromatic rings. The molecule has 0 fully saturated rings. The summed E-state index contributed by atoms with van der Waals surface area (Å²) in [4.78, 5) is 0. The normalized spacial score (nSPS) is 20.8. The molecule has 0 unspecified atom stereocenters. The minimum absolute atomic E-state index is 0.606. The third-order valence-corrected chi connectivity index (χ3v) is 1.23. The summed E-state index contributed by atoms with van der Waals surface area (Å²) in [5, 5.41) is 8.60. The number of hydrogen-bond donors (Lipinski definition) is 1. The highest BCUT2D eigenvalue weighted by atomic mass is 16.3. The van der Waals surface area contributed by atoms with E-state index in [0.717, 1.165) is 18.4 Å². The molecule has 0 aliphatic heterocycles. The summed E-state index contributed by atoms with van der Waals surface area (Å²) in [5.74, 6) is 0.606. The average Bonchev–Trinajstić information content (AvgIpc) is 1.61. The number of rotatable bonds is 0. The first-order chi connectivity index (χ1) is 2.80. The van der Waals surface area contributed by atoms with Crippen LogP contribution in [-0.4, -0.2) is 5.11 Å². The van der Waals surface area contributed by atoms with E-state index in [1.807, 2.05) is 6.92 Å². The predicted molar refractivity (Wildman–Crippen MR) is 24.6 cm³/mol. The molecule has 0 aromatic carbocycles. The van der Waals surface area contributed by atoms with Crippen molar-refractivity contribution in [3.63, 3.8) is 0 Å². The molecule has 1 aliphatic carbocycles. The van der Waals surface area contributed by atoms with Crippen LogP contribution in [0, 0.1) is 0 Å². The van der Waals surface area contributed by atoms with Crippen molar-refractivity contribution in [1.29, 1.82) is 0 Å². The van der Waals surface area contributed by atoms with Crippen molar-refractivity contribution in [2.45, 2.75) is 19.8 Å². The number of allylic oxidation sites excluding steroid dienone is 2. The van der Waals surface area contributed by atoms with Crippen molar-refractivity contribution in [3.8, 4) is 0 Å². The van der Waals surface area contributed by atoms with E-state index in [4.69, 9.17) is 5.11 Å². The standard InChI is InChI=1S/C5H8O/c1-4-2-3-5(4)6/h6H,2-3H2,1H3. The fourth-order valence-electron chi connectivity index (χ4n) is 0.487. The Balaban J connectivity index is 2.66. The van der Waals surface area contributed by atoms with Crippen LogP contribution in [0.5, 0.6) is 0 Å². The summed E-state index contributed by atoms with van der Waals surface area (Å²) >= 11 is 0. The van der Waals surface area contributed by atoms with Gasteiger partial charge in [0, 0.05) is 6.42 Å². The van der Waals surface area contributed by atoms with E-state index in [2.05, 4.69) is 0 Å². The monoisotopic (exact) mass is 84.1 g/mol. The van der Waals surface area contributed by atoms with Crippen LogP contribution >= 0.6 is 0 Å². The van der Waals surface area contributed by atoms with E-state index in [9.17, 15) is 0 Å². The first-order valence-electron chi connectivity index (χ1n) is 2.18. The Hall–Kier alpha value is -0.460. The van der Waals surface area contributed by atoms with Gasteiger partial charge in [-0.3, -0.25) is 0 Å². The zero-order valence-electron chi connectivity index (χ0n) is 3.86. The van der Waals surface area contributed by atoms with Gasteiger partial charge in [0.2, 0.25) is 0 Å². The highest BCUT2D eigenvalue weighted by Gasteiger charge is 2.08. The molecule has 1 nitrogen and oxygen atoms in total. The summed E-state index contributed by atoms with van der Waals surface area (Å²) in [6.07, 6.45) is 2.01. The Kier molecular flexibility index (Phi) is 0.621. The van der Waals surface area contributed by atoms with Crippen LogP contribution in [0.2, 0.25) is 0 Å². The minimum Gasteiger partial charge on any atom is -0.512 e. The smallest absolute Gasteiger partial charge is 0.0915 e. The molecule has 1 aliphatic rings. The molecule has 0 spiro atoms. The first kappa shape index (κ1) is 3.72. The topological polar surface area (TPSA) is 20.2 Å². The van der Waals surface area contributed by atoms with Gasteiger partial charge in [-0.2, -0.15) is 0 Å². The third kappa shape index (κ3) is 0.313. The van der Waals surface area contributed by atoms with E-state index in [-0.39, 0.29) is 0 Å². The Labute approximate surface area is 37.3 Å². The van der Waals surface area contributed by atoms with E-state index < -0.39 is 0 Å². The van der Waals surface area contributed by atoms with Crippen LogP contribution < -0.4 is 0 Å². The maximum absolute atomic E-state index is 8.60. The summed E-state index contributed by atoms with van der Waals surface area (Å²) in [6.45, 7) is 1.96. The second-order valence-corrected chi connectivity index (χ2v) is 1.73. The highest BCUT2D eigenvalue weighted by Crippen LogP contribution is 2.23. The van der Waals surface area contributed by atoms with Gasteiger partial charge in [-0.25, -0.2) is 0 Å². The lowest BCUT2D eigenvalue weighted by molar-refractivity contribution is 0.351. The molecule has 6 heavy (non-hydrogen) atoms. The molecule has 1 heteroatoms. The summed E-state index contributed by atoms with van der Waals surface area (Å²) in [6, 6.07) is 0. The second-order valence-electron chi connectivity index (χ2n) is 1.73. The largest absolute Gasteiger partial charge is 0.512 e. The van der Waals surface area contributed by atoms with Crippen molar-refractivity contribution >= 4 is 0 Å². The van der Waals surface area contributed by atoms with Crippen molar-refractivity contribution in [1.82, 2.24) is 0 Å². The maximum atomic E-state index is 8.60. The van der Waals surface area contributed by atoms with E-state index >= 15 is 0 Å². The van der Waals surface area contributed by atoms with E-state index in [1.165, 1.54) is 0 Å². The van der Waals surface area contributed by atoms with Gasteiger partial charge in [0.15, 0.2) is 0 Å². The first-order valence-corrected chi connectivity index (χ1v) is 2.18. The molecule has 0 heterocycles.